The van der Waals surface area contributed by atoms with Gasteiger partial charge in [0.05, 0.1) is 10.6 Å². The molecule has 5 nitrogen and oxygen atoms in total. The first-order valence-corrected chi connectivity index (χ1v) is 10.2. The monoisotopic (exact) mass is 444 g/mol. The van der Waals surface area contributed by atoms with Gasteiger partial charge in [-0.1, -0.05) is 66.2 Å². The van der Waals surface area contributed by atoms with Gasteiger partial charge in [0.2, 0.25) is 0 Å². The van der Waals surface area contributed by atoms with Crippen LogP contribution in [-0.4, -0.2) is 17.6 Å². The first kappa shape index (κ1) is 22.7. The minimum atomic E-state index is -0.515. The number of hydrogen-bond acceptors (Lipinski definition) is 3. The molecule has 0 heterocycles. The molecule has 6 heteroatoms. The van der Waals surface area contributed by atoms with Crippen LogP contribution in [0.1, 0.15) is 33.2 Å². The molecule has 0 atom stereocenters. The minimum Gasteiger partial charge on any atom is -0.321 e. The van der Waals surface area contributed by atoms with Crippen LogP contribution < -0.4 is 10.6 Å². The highest BCUT2D eigenvalue weighted by molar-refractivity contribution is 6.34. The van der Waals surface area contributed by atoms with Crippen molar-refractivity contribution >= 4 is 41.0 Å². The van der Waals surface area contributed by atoms with Crippen molar-refractivity contribution < 1.29 is 14.4 Å². The Labute approximate surface area is 191 Å². The zero-order valence-electron chi connectivity index (χ0n) is 17.3. The number of halogens is 1. The third-order valence-corrected chi connectivity index (χ3v) is 4.84. The maximum Gasteiger partial charge on any atom is 0.272 e. The van der Waals surface area contributed by atoms with Gasteiger partial charge in [-0.15, -0.1) is 0 Å². The summed E-state index contributed by atoms with van der Waals surface area (Å²) in [5.41, 5.74) is 2.27. The summed E-state index contributed by atoms with van der Waals surface area (Å²) in [5, 5.41) is 5.64. The van der Waals surface area contributed by atoms with Crippen molar-refractivity contribution in [3.63, 3.8) is 0 Å². The number of Topliss-reactive ketones (excluding diaryl/α,β-unsaturated/α-hetero) is 1. The van der Waals surface area contributed by atoms with Crippen LogP contribution in [0.15, 0.2) is 96.7 Å². The van der Waals surface area contributed by atoms with Crippen molar-refractivity contribution in [2.24, 2.45) is 0 Å². The lowest BCUT2D eigenvalue weighted by atomic mass is 10.1. The van der Waals surface area contributed by atoms with Gasteiger partial charge >= 0.3 is 0 Å². The molecule has 2 N–H and O–H groups in total. The number of ketones is 1. The number of hydrogen-bond donors (Lipinski definition) is 2. The van der Waals surface area contributed by atoms with Gasteiger partial charge in [-0.2, -0.15) is 0 Å². The quantitative estimate of drug-likeness (QED) is 0.286. The van der Waals surface area contributed by atoms with E-state index in [4.69, 9.17) is 11.6 Å². The number of nitrogens with one attached hydrogen (secondary N) is 2. The van der Waals surface area contributed by atoms with Gasteiger partial charge in [-0.25, -0.2) is 0 Å². The van der Waals surface area contributed by atoms with Gasteiger partial charge in [0.1, 0.15) is 5.70 Å². The number of amides is 2. The summed E-state index contributed by atoms with van der Waals surface area (Å²) in [7, 11) is 0. The molecule has 0 aromatic heterocycles. The summed E-state index contributed by atoms with van der Waals surface area (Å²) in [6.07, 6.45) is 5.01. The Morgan fingerprint density at radius 2 is 1.50 bits per heavy atom. The lowest BCUT2D eigenvalue weighted by Crippen LogP contribution is -2.31. The number of carbonyl (C=O) groups is 3. The molecule has 2 amide bonds. The van der Waals surface area contributed by atoms with E-state index in [-0.39, 0.29) is 22.1 Å². The average Bonchev–Trinajstić information content (AvgIpc) is 2.79. The Balaban J connectivity index is 1.83. The van der Waals surface area contributed by atoms with Crippen molar-refractivity contribution in [2.75, 3.05) is 5.32 Å². The molecule has 3 aromatic carbocycles. The molecule has 0 bridgehead atoms. The fourth-order valence-corrected chi connectivity index (χ4v) is 3.04. The Morgan fingerprint density at radius 1 is 0.844 bits per heavy atom. The van der Waals surface area contributed by atoms with E-state index in [0.29, 0.717) is 11.3 Å². The second kappa shape index (κ2) is 10.9. The normalized spacial score (nSPS) is 11.2. The molecular formula is C26H21ClN2O3. The van der Waals surface area contributed by atoms with Crippen LogP contribution in [0.25, 0.3) is 6.08 Å². The molecule has 0 saturated heterocycles. The smallest absolute Gasteiger partial charge is 0.272 e. The molecule has 3 aromatic rings. The van der Waals surface area contributed by atoms with E-state index >= 15 is 0 Å². The first-order chi connectivity index (χ1) is 15.4. The molecule has 160 valence electrons. The number of rotatable bonds is 7. The van der Waals surface area contributed by atoms with E-state index in [1.165, 1.54) is 13.0 Å². The summed E-state index contributed by atoms with van der Waals surface area (Å²) in [6, 6.07) is 22.6. The highest BCUT2D eigenvalue weighted by atomic mass is 35.5. The van der Waals surface area contributed by atoms with Crippen molar-refractivity contribution in [1.82, 2.24) is 5.32 Å². The summed E-state index contributed by atoms with van der Waals surface area (Å²) < 4.78 is 0. The van der Waals surface area contributed by atoms with Crippen LogP contribution >= 0.6 is 11.6 Å². The van der Waals surface area contributed by atoms with E-state index in [1.54, 1.807) is 54.6 Å². The lowest BCUT2D eigenvalue weighted by Gasteiger charge is -2.11. The maximum atomic E-state index is 12.9. The topological polar surface area (TPSA) is 75.3 Å². The van der Waals surface area contributed by atoms with E-state index in [9.17, 15) is 14.4 Å². The van der Waals surface area contributed by atoms with Gasteiger partial charge in [0.25, 0.3) is 11.8 Å². The standard InChI is InChI=1S/C26H21ClN2O3/c1-18(30)20-14-16-21(17-15-20)28-26(32)24(13-7-10-19-8-3-2-4-9-19)29-25(31)22-11-5-6-12-23(22)27/h2-17H,1H3,(H,28,32)(H,29,31). The molecule has 3 rings (SSSR count). The number of benzene rings is 3. The van der Waals surface area contributed by atoms with Crippen molar-refractivity contribution in [2.45, 2.75) is 6.92 Å². The van der Waals surface area contributed by atoms with E-state index < -0.39 is 11.8 Å². The van der Waals surface area contributed by atoms with E-state index in [1.807, 2.05) is 36.4 Å². The van der Waals surface area contributed by atoms with Gasteiger partial charge < -0.3 is 10.6 Å². The minimum absolute atomic E-state index is 0.0396. The third-order valence-electron chi connectivity index (χ3n) is 4.51. The summed E-state index contributed by atoms with van der Waals surface area (Å²) in [4.78, 5) is 37.0. The summed E-state index contributed by atoms with van der Waals surface area (Å²) in [5.74, 6) is -1.09. The fraction of sp³-hybridized carbons (Fsp3) is 0.0385. The maximum absolute atomic E-state index is 12.9. The molecule has 0 spiro atoms. The van der Waals surface area contributed by atoms with Crippen molar-refractivity contribution in [1.29, 1.82) is 0 Å². The summed E-state index contributed by atoms with van der Waals surface area (Å²) >= 11 is 6.11. The molecule has 32 heavy (non-hydrogen) atoms. The van der Waals surface area contributed by atoms with Gasteiger partial charge in [0, 0.05) is 11.3 Å². The Hall–Kier alpha value is -3.96. The Morgan fingerprint density at radius 3 is 2.16 bits per heavy atom. The highest BCUT2D eigenvalue weighted by Gasteiger charge is 2.16. The van der Waals surface area contributed by atoms with Gasteiger partial charge in [-0.05, 0) is 55.0 Å². The summed E-state index contributed by atoms with van der Waals surface area (Å²) in [6.45, 7) is 1.47. The van der Waals surface area contributed by atoms with Crippen LogP contribution in [0.5, 0.6) is 0 Å². The number of allylic oxidation sites excluding steroid dienone is 2. The first-order valence-electron chi connectivity index (χ1n) is 9.85. The largest absolute Gasteiger partial charge is 0.321 e. The predicted octanol–water partition coefficient (Wildman–Crippen LogP) is 5.51. The van der Waals surface area contributed by atoms with Gasteiger partial charge in [-0.3, -0.25) is 14.4 Å². The fourth-order valence-electron chi connectivity index (χ4n) is 2.82. The number of carbonyl (C=O) groups excluding carboxylic acids is 3. The van der Waals surface area contributed by atoms with Crippen LogP contribution in [0.2, 0.25) is 5.02 Å². The van der Waals surface area contributed by atoms with E-state index in [2.05, 4.69) is 10.6 Å². The average molecular weight is 445 g/mol. The zero-order valence-corrected chi connectivity index (χ0v) is 18.1. The van der Waals surface area contributed by atoms with E-state index in [0.717, 1.165) is 5.56 Å². The predicted molar refractivity (Wildman–Crippen MR) is 128 cm³/mol. The lowest BCUT2D eigenvalue weighted by molar-refractivity contribution is -0.113. The second-order valence-corrected chi connectivity index (χ2v) is 7.28. The third kappa shape index (κ3) is 6.27. The Kier molecular flexibility index (Phi) is 7.73. The van der Waals surface area contributed by atoms with Gasteiger partial charge in [0.15, 0.2) is 5.78 Å². The van der Waals surface area contributed by atoms with Crippen LogP contribution in [-0.2, 0) is 4.79 Å². The molecular weight excluding hydrogens is 424 g/mol. The molecule has 0 aliphatic carbocycles. The molecule has 0 unspecified atom stereocenters. The molecule has 0 aliphatic heterocycles. The molecule has 0 radical (unpaired) electrons. The Bertz CT molecular complexity index is 1180. The number of anilines is 1. The zero-order chi connectivity index (χ0) is 22.9. The van der Waals surface area contributed by atoms with Crippen LogP contribution in [0, 0.1) is 0 Å². The highest BCUT2D eigenvalue weighted by Crippen LogP contribution is 2.16. The van der Waals surface area contributed by atoms with Crippen molar-refractivity contribution in [3.8, 4) is 0 Å². The SMILES string of the molecule is CC(=O)c1ccc(NC(=O)C(=CC=Cc2ccccc2)NC(=O)c2ccccc2Cl)cc1. The second-order valence-electron chi connectivity index (χ2n) is 6.87. The van der Waals surface area contributed by atoms with Crippen LogP contribution in [0.3, 0.4) is 0 Å². The molecule has 0 saturated carbocycles. The molecule has 0 aliphatic rings. The molecule has 0 fully saturated rings. The van der Waals surface area contributed by atoms with Crippen LogP contribution in [0.4, 0.5) is 5.69 Å². The van der Waals surface area contributed by atoms with Crippen molar-refractivity contribution in [3.05, 3.63) is 118 Å².